The summed E-state index contributed by atoms with van der Waals surface area (Å²) >= 11 is 0. The van der Waals surface area contributed by atoms with Crippen LogP contribution >= 0.6 is 0 Å². The van der Waals surface area contributed by atoms with E-state index in [1.165, 1.54) is 0 Å². The molecule has 0 fully saturated rings. The second-order valence-electron chi connectivity index (χ2n) is 4.86. The number of rotatable bonds is 3. The highest BCUT2D eigenvalue weighted by Gasteiger charge is 1.82. The standard InChI is InChI=1S/C9H17N.C4H10.C2H6/c1-8(2)5-6-10-7-9(3)4;1-4(2)3;1-2/h5-9H,1-4H3;4H,1-3H3;1-2H3/b6-5-,10-7?;;. The Hall–Kier alpha value is -0.590. The topological polar surface area (TPSA) is 12.4 Å². The van der Waals surface area contributed by atoms with Crippen LogP contribution in [0.25, 0.3) is 0 Å². The summed E-state index contributed by atoms with van der Waals surface area (Å²) in [7, 11) is 0. The minimum Gasteiger partial charge on any atom is -0.269 e. The van der Waals surface area contributed by atoms with Crippen LogP contribution in [0.4, 0.5) is 0 Å². The molecule has 0 aliphatic heterocycles. The zero-order chi connectivity index (χ0) is 13.6. The van der Waals surface area contributed by atoms with E-state index < -0.39 is 0 Å². The van der Waals surface area contributed by atoms with Gasteiger partial charge >= 0.3 is 0 Å². The molecule has 0 amide bonds. The fraction of sp³-hybridized carbons (Fsp3) is 0.800. The molecule has 0 radical (unpaired) electrons. The second kappa shape index (κ2) is 16.8. The van der Waals surface area contributed by atoms with Crippen LogP contribution in [-0.2, 0) is 0 Å². The Kier molecular flexibility index (Phi) is 21.8. The third kappa shape index (κ3) is 50.3. The molecule has 0 saturated carbocycles. The maximum Gasteiger partial charge on any atom is 0.0226 e. The van der Waals surface area contributed by atoms with Crippen molar-refractivity contribution in [2.24, 2.45) is 22.7 Å². The van der Waals surface area contributed by atoms with Crippen molar-refractivity contribution in [1.82, 2.24) is 0 Å². The van der Waals surface area contributed by atoms with Gasteiger partial charge in [-0.1, -0.05) is 68.4 Å². The van der Waals surface area contributed by atoms with Crippen LogP contribution in [-0.4, -0.2) is 6.21 Å². The number of aliphatic imine (C=N–C) groups is 1. The van der Waals surface area contributed by atoms with Gasteiger partial charge in [-0.2, -0.15) is 0 Å². The van der Waals surface area contributed by atoms with Crippen LogP contribution in [0.15, 0.2) is 17.3 Å². The molecule has 1 nitrogen and oxygen atoms in total. The van der Waals surface area contributed by atoms with Crippen molar-refractivity contribution in [2.75, 3.05) is 0 Å². The average Bonchev–Trinajstić information content (AvgIpc) is 2.14. The summed E-state index contributed by atoms with van der Waals surface area (Å²) in [6.07, 6.45) is 5.89. The van der Waals surface area contributed by atoms with E-state index in [1.807, 2.05) is 26.3 Å². The molecule has 0 rings (SSSR count). The first-order valence-corrected chi connectivity index (χ1v) is 6.56. The molecule has 0 atom stereocenters. The lowest BCUT2D eigenvalue weighted by atomic mass is 10.2. The third-order valence-corrected chi connectivity index (χ3v) is 0.941. The molecule has 0 N–H and O–H groups in total. The monoisotopic (exact) mass is 227 g/mol. The molecule has 0 aromatic rings. The largest absolute Gasteiger partial charge is 0.269 e. The van der Waals surface area contributed by atoms with Gasteiger partial charge in [-0.25, -0.2) is 0 Å². The normalized spacial score (nSPS) is 10.8. The van der Waals surface area contributed by atoms with Crippen molar-refractivity contribution in [3.8, 4) is 0 Å². The van der Waals surface area contributed by atoms with E-state index in [-0.39, 0.29) is 0 Å². The first-order valence-electron chi connectivity index (χ1n) is 6.56. The Bertz CT molecular complexity index is 134. The highest BCUT2D eigenvalue weighted by Crippen LogP contribution is 1.93. The van der Waals surface area contributed by atoms with Crippen LogP contribution in [0.5, 0.6) is 0 Å². The molecule has 0 saturated heterocycles. The first-order chi connectivity index (χ1) is 7.36. The molecule has 1 heteroatoms. The number of hydrogen-bond donors (Lipinski definition) is 0. The van der Waals surface area contributed by atoms with Gasteiger partial charge in [0.25, 0.3) is 0 Å². The minimum atomic E-state index is 0.553. The smallest absolute Gasteiger partial charge is 0.0226 e. The van der Waals surface area contributed by atoms with Crippen molar-refractivity contribution in [2.45, 2.75) is 62.3 Å². The van der Waals surface area contributed by atoms with Crippen LogP contribution in [0, 0.1) is 17.8 Å². The van der Waals surface area contributed by atoms with E-state index in [0.717, 1.165) is 5.92 Å². The van der Waals surface area contributed by atoms with E-state index in [0.29, 0.717) is 11.8 Å². The Morgan fingerprint density at radius 2 is 1.12 bits per heavy atom. The lowest BCUT2D eigenvalue weighted by Crippen LogP contribution is -1.85. The Balaban J connectivity index is -0.000000237. The van der Waals surface area contributed by atoms with Crippen LogP contribution in [0.2, 0.25) is 0 Å². The molecule has 0 aliphatic rings. The average molecular weight is 227 g/mol. The van der Waals surface area contributed by atoms with Gasteiger partial charge in [-0.15, -0.1) is 0 Å². The van der Waals surface area contributed by atoms with Gasteiger partial charge in [0.15, 0.2) is 0 Å². The molecular weight excluding hydrogens is 194 g/mol. The summed E-state index contributed by atoms with van der Waals surface area (Å²) in [4.78, 5) is 4.11. The molecule has 0 spiro atoms. The molecule has 0 unspecified atom stereocenters. The zero-order valence-corrected chi connectivity index (χ0v) is 12.9. The maximum atomic E-state index is 4.11. The van der Waals surface area contributed by atoms with Gasteiger partial charge in [0.05, 0.1) is 0 Å². The zero-order valence-electron chi connectivity index (χ0n) is 12.9. The SMILES string of the molecule is CC.CC(C)C.CC(C)C=N/C=C\C(C)C. The molecule has 0 bridgehead atoms. The number of hydrogen-bond acceptors (Lipinski definition) is 1. The van der Waals surface area contributed by atoms with Crippen molar-refractivity contribution in [1.29, 1.82) is 0 Å². The predicted octanol–water partition coefficient (Wildman–Crippen LogP) is 5.57. The van der Waals surface area contributed by atoms with Crippen molar-refractivity contribution in [3.05, 3.63) is 12.3 Å². The fourth-order valence-electron chi connectivity index (χ4n) is 0.444. The van der Waals surface area contributed by atoms with Gasteiger partial charge in [0.2, 0.25) is 0 Å². The summed E-state index contributed by atoms with van der Waals surface area (Å²) < 4.78 is 0. The lowest BCUT2D eigenvalue weighted by molar-refractivity contribution is 0.737. The van der Waals surface area contributed by atoms with Crippen LogP contribution < -0.4 is 0 Å². The second-order valence-corrected chi connectivity index (χ2v) is 4.86. The van der Waals surface area contributed by atoms with Crippen molar-refractivity contribution in [3.63, 3.8) is 0 Å². The molecular formula is C15H33N. The van der Waals surface area contributed by atoms with E-state index in [1.54, 1.807) is 0 Å². The lowest BCUT2D eigenvalue weighted by Gasteiger charge is -1.91. The van der Waals surface area contributed by atoms with E-state index in [4.69, 9.17) is 0 Å². The number of nitrogens with zero attached hydrogens (tertiary/aromatic N) is 1. The maximum absolute atomic E-state index is 4.11. The molecule has 16 heavy (non-hydrogen) atoms. The summed E-state index contributed by atoms with van der Waals surface area (Å²) in [6, 6.07) is 0. The van der Waals surface area contributed by atoms with Gasteiger partial charge in [0, 0.05) is 12.4 Å². The van der Waals surface area contributed by atoms with E-state index in [2.05, 4.69) is 59.5 Å². The van der Waals surface area contributed by atoms with Crippen LogP contribution in [0.1, 0.15) is 62.3 Å². The van der Waals surface area contributed by atoms with Gasteiger partial charge < -0.3 is 0 Å². The van der Waals surface area contributed by atoms with Crippen LogP contribution in [0.3, 0.4) is 0 Å². The Labute approximate surface area is 104 Å². The summed E-state index contributed by atoms with van der Waals surface area (Å²) in [6.45, 7) is 19.0. The minimum absolute atomic E-state index is 0.553. The van der Waals surface area contributed by atoms with Gasteiger partial charge in [0.1, 0.15) is 0 Å². The highest BCUT2D eigenvalue weighted by atomic mass is 14.7. The quantitative estimate of drug-likeness (QED) is 0.559. The predicted molar refractivity (Wildman–Crippen MR) is 79.2 cm³/mol. The van der Waals surface area contributed by atoms with E-state index in [9.17, 15) is 0 Å². The molecule has 98 valence electrons. The molecule has 0 aliphatic carbocycles. The Morgan fingerprint density at radius 1 is 0.750 bits per heavy atom. The molecule has 0 aromatic heterocycles. The number of allylic oxidation sites excluding steroid dienone is 1. The third-order valence-electron chi connectivity index (χ3n) is 0.941. The summed E-state index contributed by atoms with van der Waals surface area (Å²) in [5, 5.41) is 0. The summed E-state index contributed by atoms with van der Waals surface area (Å²) in [5.74, 6) is 1.99. The fourth-order valence-corrected chi connectivity index (χ4v) is 0.444. The van der Waals surface area contributed by atoms with Crippen molar-refractivity contribution < 1.29 is 0 Å². The van der Waals surface area contributed by atoms with Gasteiger partial charge in [-0.3, -0.25) is 4.99 Å². The highest BCUT2D eigenvalue weighted by molar-refractivity contribution is 5.60. The van der Waals surface area contributed by atoms with Crippen molar-refractivity contribution >= 4 is 6.21 Å². The van der Waals surface area contributed by atoms with E-state index >= 15 is 0 Å². The molecule has 0 heterocycles. The molecule has 0 aromatic carbocycles. The first kappa shape index (κ1) is 20.8. The summed E-state index contributed by atoms with van der Waals surface area (Å²) in [5.41, 5.74) is 0. The Morgan fingerprint density at radius 3 is 1.38 bits per heavy atom. The van der Waals surface area contributed by atoms with Gasteiger partial charge in [-0.05, 0) is 17.8 Å².